The molecule has 0 bridgehead atoms. The number of fused-ring (bicyclic) bond motifs is 5. The van der Waals surface area contributed by atoms with Gasteiger partial charge in [0.05, 0.1) is 0 Å². The molecule has 0 unspecified atom stereocenters. The van der Waals surface area contributed by atoms with E-state index < -0.39 is 27.4 Å². The summed E-state index contributed by atoms with van der Waals surface area (Å²) in [5, 5.41) is 4.15. The van der Waals surface area contributed by atoms with E-state index in [1.54, 1.807) is 11.0 Å². The topological polar surface area (TPSA) is 83.1 Å². The number of alkyl halides is 1. The number of hydrogen-bond acceptors (Lipinski definition) is 8. The first-order chi connectivity index (χ1) is 20.3. The van der Waals surface area contributed by atoms with Gasteiger partial charge >= 0.3 is 270 Å². The maximum atomic E-state index is 15.7. The number of ether oxygens (including phenoxy) is 1. The number of carbonyl (C=O) groups is 1. The Balaban J connectivity index is 1.51. The van der Waals surface area contributed by atoms with Crippen molar-refractivity contribution in [2.45, 2.75) is 16.9 Å². The Bertz CT molecular complexity index is 1570. The number of anilines is 2. The maximum absolute atomic E-state index is 15.7. The molecule has 6 rings (SSSR count). The average molecular weight is 749 g/mol. The molecule has 14 heteroatoms. The number of aromatic nitrogens is 2. The van der Waals surface area contributed by atoms with E-state index in [0.717, 1.165) is 19.4 Å². The molecule has 1 N–H and O–H groups in total. The van der Waals surface area contributed by atoms with Gasteiger partial charge in [0.15, 0.2) is 0 Å². The third kappa shape index (κ3) is 5.54. The van der Waals surface area contributed by atoms with Gasteiger partial charge in [-0.3, -0.25) is 0 Å². The summed E-state index contributed by atoms with van der Waals surface area (Å²) < 4.78 is 28.6. The first-order valence-electron chi connectivity index (χ1n) is 13.5. The molecule has 1 atom stereocenters. The fourth-order valence-electron chi connectivity index (χ4n) is 5.49. The normalized spacial score (nSPS) is 19.0. The van der Waals surface area contributed by atoms with Crippen molar-refractivity contribution >= 4 is 63.1 Å². The van der Waals surface area contributed by atoms with Crippen LogP contribution in [-0.4, -0.2) is 82.6 Å². The summed E-state index contributed by atoms with van der Waals surface area (Å²) >= 11 is 18.9. The van der Waals surface area contributed by atoms with E-state index >= 15 is 4.39 Å². The Labute approximate surface area is 268 Å². The van der Waals surface area contributed by atoms with Crippen LogP contribution in [0.15, 0.2) is 24.8 Å². The van der Waals surface area contributed by atoms with Gasteiger partial charge in [0.25, 0.3) is 0 Å². The van der Waals surface area contributed by atoms with Crippen molar-refractivity contribution in [3.05, 3.63) is 45.7 Å². The van der Waals surface area contributed by atoms with Crippen molar-refractivity contribution in [2.24, 2.45) is 0 Å². The molecular weight excluding hydrogens is 721 g/mol. The number of nitrogens with zero attached hydrogens (tertiary/aromatic N) is 5. The van der Waals surface area contributed by atoms with Crippen molar-refractivity contribution < 1.29 is 38.6 Å². The van der Waals surface area contributed by atoms with Crippen LogP contribution in [0.4, 0.5) is 15.9 Å². The number of halogens is 5. The number of hydrogen-bond donors (Lipinski definition) is 1. The fraction of sp³-hybridized carbons (Fsp3) is 0.393. The molecule has 1 amide bonds. The van der Waals surface area contributed by atoms with Gasteiger partial charge in [-0.2, -0.15) is 0 Å². The summed E-state index contributed by atoms with van der Waals surface area (Å²) in [7, 11) is 2.10. The molecule has 0 radical (unpaired) electrons. The second kappa shape index (κ2) is 12.4. The second-order valence-electron chi connectivity index (χ2n) is 10.2. The van der Waals surface area contributed by atoms with E-state index in [4.69, 9.17) is 52.6 Å². The molecular formula is C28H28Cl3FIN6O3-. The first-order valence-corrected chi connectivity index (χ1v) is 16.8. The summed E-state index contributed by atoms with van der Waals surface area (Å²) in [6, 6.07) is 3.32. The number of carbonyl (C=O) groups excluding carboxylic acids is 1. The zero-order valence-corrected chi connectivity index (χ0v) is 27.2. The van der Waals surface area contributed by atoms with E-state index in [9.17, 15) is 4.79 Å². The third-order valence-corrected chi connectivity index (χ3v) is 11.3. The molecule has 224 valence electrons. The number of piperazine rings is 1. The zero-order valence-electron chi connectivity index (χ0n) is 22.7. The summed E-state index contributed by atoms with van der Waals surface area (Å²) in [6.45, 7) is 7.33. The van der Waals surface area contributed by atoms with Gasteiger partial charge < -0.3 is 0 Å². The number of amides is 1. The van der Waals surface area contributed by atoms with Gasteiger partial charge in [-0.15, -0.1) is 0 Å². The van der Waals surface area contributed by atoms with Gasteiger partial charge in [-0.05, 0) is 0 Å². The molecule has 1 aromatic heterocycles. The van der Waals surface area contributed by atoms with Gasteiger partial charge in [0, 0.05) is 0 Å². The monoisotopic (exact) mass is 747 g/mol. The molecule has 2 saturated heterocycles. The van der Waals surface area contributed by atoms with E-state index in [0.29, 0.717) is 70.5 Å². The van der Waals surface area contributed by atoms with Crippen LogP contribution in [0.5, 0.6) is 11.8 Å². The molecule has 3 aliphatic rings. The number of benzene rings is 2. The number of nitrogens with one attached hydrogen (secondary N) is 1. The van der Waals surface area contributed by atoms with E-state index in [1.807, 2.05) is 0 Å². The van der Waals surface area contributed by atoms with Gasteiger partial charge in [-0.25, -0.2) is 0 Å². The van der Waals surface area contributed by atoms with Crippen LogP contribution in [0.3, 0.4) is 0 Å². The van der Waals surface area contributed by atoms with Crippen molar-refractivity contribution in [1.82, 2.24) is 19.8 Å². The zero-order chi connectivity index (χ0) is 29.5. The Morgan fingerprint density at radius 2 is 1.93 bits per heavy atom. The first kappa shape index (κ1) is 29.7. The van der Waals surface area contributed by atoms with Crippen LogP contribution >= 0.6 is 34.8 Å². The van der Waals surface area contributed by atoms with Crippen LogP contribution < -0.4 is 39.6 Å². The minimum absolute atomic E-state index is 0.110. The summed E-state index contributed by atoms with van der Waals surface area (Å²) in [5.41, 5.74) is 1.25. The summed E-state index contributed by atoms with van der Waals surface area (Å²) in [5.74, 6) is 0.145. The molecule has 0 saturated carbocycles. The SMILES string of the molecule is C=CC(=O)N1CCN(c2nc(O[I-][C@@H]3CCCN3C)nc3c4c(c(Cl)cc23)-c2c(F)c(Cl)cc(Cl)c2NCCO4)CC1. The summed E-state index contributed by atoms with van der Waals surface area (Å²) in [6.07, 6.45) is 3.53. The molecule has 0 spiro atoms. The van der Waals surface area contributed by atoms with Crippen LogP contribution in [-0.2, 0) is 4.79 Å². The van der Waals surface area contributed by atoms with Crippen molar-refractivity contribution in [1.29, 1.82) is 0 Å². The third-order valence-electron chi connectivity index (χ3n) is 7.64. The number of rotatable bonds is 5. The predicted octanol–water partition coefficient (Wildman–Crippen LogP) is 2.47. The molecule has 3 aliphatic heterocycles. The van der Waals surface area contributed by atoms with E-state index in [1.165, 1.54) is 12.1 Å². The Hall–Kier alpha value is -2.32. The standard InChI is InChI=1S/C28H28Cl3FIN6O3/c1-3-20(40)38-8-10-39(11-9-38)27-15-13-16(29)21-22-23(32)17(30)14-18(31)25(22)34-6-12-41-26(21)24(15)35-28(36-27)42-33-19-5-4-7-37(19)2/h3,13-14,19,34H,1,4-12H2,2H3/q-1/t19-/m0/s1. The van der Waals surface area contributed by atoms with Crippen molar-refractivity contribution in [3.63, 3.8) is 0 Å². The molecule has 2 aromatic carbocycles. The van der Waals surface area contributed by atoms with Crippen LogP contribution in [0.1, 0.15) is 12.8 Å². The fourth-order valence-corrected chi connectivity index (χ4v) is 8.39. The Morgan fingerprint density at radius 3 is 2.64 bits per heavy atom. The van der Waals surface area contributed by atoms with E-state index in [-0.39, 0.29) is 39.2 Å². The van der Waals surface area contributed by atoms with Crippen LogP contribution in [0.25, 0.3) is 22.0 Å². The molecule has 2 fully saturated rings. The van der Waals surface area contributed by atoms with Crippen molar-refractivity contribution in [2.75, 3.05) is 63.1 Å². The molecule has 42 heavy (non-hydrogen) atoms. The molecule has 0 aliphatic carbocycles. The van der Waals surface area contributed by atoms with Crippen LogP contribution in [0, 0.1) is 5.82 Å². The Morgan fingerprint density at radius 1 is 1.14 bits per heavy atom. The Kier molecular flexibility index (Phi) is 8.75. The molecule has 4 heterocycles. The van der Waals surface area contributed by atoms with Gasteiger partial charge in [0.2, 0.25) is 0 Å². The average Bonchev–Trinajstić information content (AvgIpc) is 3.39. The number of likely N-dealkylation sites (tertiary alicyclic amines) is 1. The quantitative estimate of drug-likeness (QED) is 0.140. The molecule has 9 nitrogen and oxygen atoms in total. The van der Waals surface area contributed by atoms with Crippen LogP contribution in [0.2, 0.25) is 15.1 Å². The van der Waals surface area contributed by atoms with Gasteiger partial charge in [0.1, 0.15) is 0 Å². The van der Waals surface area contributed by atoms with E-state index in [2.05, 4.69) is 28.7 Å². The molecule has 3 aromatic rings. The minimum atomic E-state index is -0.743. The predicted molar refractivity (Wildman–Crippen MR) is 159 cm³/mol. The summed E-state index contributed by atoms with van der Waals surface area (Å²) in [4.78, 5) is 28.0. The van der Waals surface area contributed by atoms with Gasteiger partial charge in [-0.1, -0.05) is 0 Å². The van der Waals surface area contributed by atoms with Crippen molar-refractivity contribution in [3.8, 4) is 22.9 Å². The second-order valence-corrected chi connectivity index (χ2v) is 13.8.